The van der Waals surface area contributed by atoms with Gasteiger partial charge in [0, 0.05) is 12.1 Å². The van der Waals surface area contributed by atoms with E-state index >= 15 is 0 Å². The number of hydrogen-bond acceptors (Lipinski definition) is 2. The monoisotopic (exact) mass is 185 g/mol. The summed E-state index contributed by atoms with van der Waals surface area (Å²) in [6.45, 7) is 8.74. The van der Waals surface area contributed by atoms with Gasteiger partial charge < -0.3 is 5.11 Å². The predicted octanol–water partition coefficient (Wildman–Crippen LogP) is 2.02. The third-order valence-corrected chi connectivity index (χ3v) is 3.33. The summed E-state index contributed by atoms with van der Waals surface area (Å²) < 4.78 is 0. The molecule has 0 bridgehead atoms. The van der Waals surface area contributed by atoms with Crippen molar-refractivity contribution in [1.82, 2.24) is 4.90 Å². The third-order valence-electron chi connectivity index (χ3n) is 3.33. The van der Waals surface area contributed by atoms with Crippen molar-refractivity contribution < 1.29 is 5.11 Å². The SMILES string of the molecule is CCCCCN1CCC(O)C1(C)C. The van der Waals surface area contributed by atoms with Crippen LogP contribution in [0.15, 0.2) is 0 Å². The first-order valence-corrected chi connectivity index (χ1v) is 5.52. The van der Waals surface area contributed by atoms with Gasteiger partial charge in [-0.25, -0.2) is 0 Å². The fourth-order valence-corrected chi connectivity index (χ4v) is 2.08. The fourth-order valence-electron chi connectivity index (χ4n) is 2.08. The van der Waals surface area contributed by atoms with Gasteiger partial charge in [0.25, 0.3) is 0 Å². The van der Waals surface area contributed by atoms with Crippen LogP contribution >= 0.6 is 0 Å². The Bertz CT molecular complexity index is 156. The topological polar surface area (TPSA) is 23.5 Å². The molecule has 1 fully saturated rings. The van der Waals surface area contributed by atoms with Gasteiger partial charge in [-0.2, -0.15) is 0 Å². The zero-order chi connectivity index (χ0) is 9.90. The third kappa shape index (κ3) is 2.44. The molecule has 0 radical (unpaired) electrons. The van der Waals surface area contributed by atoms with Crippen molar-refractivity contribution in [2.75, 3.05) is 13.1 Å². The molecule has 0 aromatic carbocycles. The smallest absolute Gasteiger partial charge is 0.0730 e. The van der Waals surface area contributed by atoms with E-state index in [1.54, 1.807) is 0 Å². The van der Waals surface area contributed by atoms with Crippen molar-refractivity contribution in [3.8, 4) is 0 Å². The van der Waals surface area contributed by atoms with Crippen LogP contribution in [0.3, 0.4) is 0 Å². The summed E-state index contributed by atoms with van der Waals surface area (Å²) in [5.41, 5.74) is 0.00768. The molecule has 2 nitrogen and oxygen atoms in total. The standard InChI is InChI=1S/C11H23NO/c1-4-5-6-8-12-9-7-10(13)11(12,2)3/h10,13H,4-9H2,1-3H3. The number of aliphatic hydroxyl groups is 1. The molecule has 0 aromatic rings. The van der Waals surface area contributed by atoms with E-state index < -0.39 is 0 Å². The second kappa shape index (κ2) is 4.43. The molecule has 1 rings (SSSR count). The van der Waals surface area contributed by atoms with Crippen LogP contribution in [0.1, 0.15) is 46.5 Å². The Morgan fingerprint density at radius 3 is 2.54 bits per heavy atom. The van der Waals surface area contributed by atoms with Gasteiger partial charge in [0.2, 0.25) is 0 Å². The Morgan fingerprint density at radius 2 is 2.08 bits per heavy atom. The lowest BCUT2D eigenvalue weighted by atomic mass is 9.98. The molecule has 1 unspecified atom stereocenters. The van der Waals surface area contributed by atoms with Gasteiger partial charge in [0.1, 0.15) is 0 Å². The van der Waals surface area contributed by atoms with Gasteiger partial charge >= 0.3 is 0 Å². The van der Waals surface area contributed by atoms with E-state index in [9.17, 15) is 5.11 Å². The number of hydrogen-bond donors (Lipinski definition) is 1. The zero-order valence-corrected chi connectivity index (χ0v) is 9.21. The molecule has 1 saturated heterocycles. The van der Waals surface area contributed by atoms with E-state index in [1.807, 2.05) is 0 Å². The van der Waals surface area contributed by atoms with Gasteiger partial charge in [-0.3, -0.25) is 4.90 Å². The van der Waals surface area contributed by atoms with E-state index in [4.69, 9.17) is 0 Å². The maximum atomic E-state index is 9.74. The molecule has 0 aromatic heterocycles. The molecular formula is C11H23NO. The van der Waals surface area contributed by atoms with Crippen molar-refractivity contribution in [2.45, 2.75) is 58.1 Å². The van der Waals surface area contributed by atoms with Crippen LogP contribution in [-0.2, 0) is 0 Å². The summed E-state index contributed by atoms with van der Waals surface area (Å²) >= 11 is 0. The van der Waals surface area contributed by atoms with Crippen LogP contribution in [0.5, 0.6) is 0 Å². The largest absolute Gasteiger partial charge is 0.391 e. The lowest BCUT2D eigenvalue weighted by molar-refractivity contribution is 0.0538. The van der Waals surface area contributed by atoms with Crippen molar-refractivity contribution in [1.29, 1.82) is 0 Å². The van der Waals surface area contributed by atoms with Crippen molar-refractivity contribution in [3.63, 3.8) is 0 Å². The lowest BCUT2D eigenvalue weighted by Gasteiger charge is -2.33. The predicted molar refractivity (Wildman–Crippen MR) is 55.8 cm³/mol. The molecule has 0 aliphatic carbocycles. The Kier molecular flexibility index (Phi) is 3.74. The highest BCUT2D eigenvalue weighted by atomic mass is 16.3. The summed E-state index contributed by atoms with van der Waals surface area (Å²) in [7, 11) is 0. The number of nitrogens with zero attached hydrogens (tertiary/aromatic N) is 1. The maximum absolute atomic E-state index is 9.74. The van der Waals surface area contributed by atoms with E-state index in [2.05, 4.69) is 25.7 Å². The van der Waals surface area contributed by atoms with Crippen LogP contribution in [0.25, 0.3) is 0 Å². The maximum Gasteiger partial charge on any atom is 0.0730 e. The second-order valence-corrected chi connectivity index (χ2v) is 4.65. The first-order chi connectivity index (χ1) is 6.09. The average Bonchev–Trinajstić information content (AvgIpc) is 2.32. The summed E-state index contributed by atoms with van der Waals surface area (Å²) in [5.74, 6) is 0. The van der Waals surface area contributed by atoms with Crippen LogP contribution in [0.4, 0.5) is 0 Å². The number of unbranched alkanes of at least 4 members (excludes halogenated alkanes) is 2. The Balaban J connectivity index is 2.34. The Labute approximate surface area is 81.9 Å². The summed E-state index contributed by atoms with van der Waals surface area (Å²) in [6.07, 6.45) is 4.67. The van der Waals surface area contributed by atoms with Crippen molar-refractivity contribution in [3.05, 3.63) is 0 Å². The van der Waals surface area contributed by atoms with Crippen LogP contribution in [0, 0.1) is 0 Å². The van der Waals surface area contributed by atoms with Gasteiger partial charge in [-0.15, -0.1) is 0 Å². The minimum Gasteiger partial charge on any atom is -0.391 e. The highest BCUT2D eigenvalue weighted by Gasteiger charge is 2.39. The molecule has 78 valence electrons. The molecule has 1 N–H and O–H groups in total. The quantitative estimate of drug-likeness (QED) is 0.677. The van der Waals surface area contributed by atoms with E-state index in [1.165, 1.54) is 19.3 Å². The zero-order valence-electron chi connectivity index (χ0n) is 9.21. The van der Waals surface area contributed by atoms with E-state index in [0.29, 0.717) is 0 Å². The van der Waals surface area contributed by atoms with E-state index in [0.717, 1.165) is 19.5 Å². The van der Waals surface area contributed by atoms with Crippen LogP contribution in [0.2, 0.25) is 0 Å². The summed E-state index contributed by atoms with van der Waals surface area (Å²) in [6, 6.07) is 0. The molecule has 1 aliphatic rings. The normalized spacial score (nSPS) is 28.2. The van der Waals surface area contributed by atoms with Gasteiger partial charge in [-0.05, 0) is 33.2 Å². The van der Waals surface area contributed by atoms with Crippen molar-refractivity contribution >= 4 is 0 Å². The summed E-state index contributed by atoms with van der Waals surface area (Å²) in [5, 5.41) is 9.74. The molecule has 0 saturated carbocycles. The molecule has 0 amide bonds. The Morgan fingerprint density at radius 1 is 1.38 bits per heavy atom. The first-order valence-electron chi connectivity index (χ1n) is 5.52. The average molecular weight is 185 g/mol. The molecule has 1 heterocycles. The molecule has 13 heavy (non-hydrogen) atoms. The van der Waals surface area contributed by atoms with Gasteiger partial charge in [0.05, 0.1) is 6.10 Å². The molecule has 2 heteroatoms. The molecule has 0 spiro atoms. The van der Waals surface area contributed by atoms with Gasteiger partial charge in [-0.1, -0.05) is 19.8 Å². The highest BCUT2D eigenvalue weighted by Crippen LogP contribution is 2.28. The van der Waals surface area contributed by atoms with Crippen molar-refractivity contribution in [2.24, 2.45) is 0 Å². The van der Waals surface area contributed by atoms with Crippen LogP contribution < -0.4 is 0 Å². The molecule has 1 atom stereocenters. The highest BCUT2D eigenvalue weighted by molar-refractivity contribution is 4.95. The molecule has 1 aliphatic heterocycles. The van der Waals surface area contributed by atoms with E-state index in [-0.39, 0.29) is 11.6 Å². The second-order valence-electron chi connectivity index (χ2n) is 4.65. The van der Waals surface area contributed by atoms with Crippen LogP contribution in [-0.4, -0.2) is 34.7 Å². The molecular weight excluding hydrogens is 162 g/mol. The first kappa shape index (κ1) is 11.0. The Hall–Kier alpha value is -0.0800. The number of aliphatic hydroxyl groups excluding tert-OH is 1. The number of rotatable bonds is 4. The minimum atomic E-state index is -0.130. The summed E-state index contributed by atoms with van der Waals surface area (Å²) in [4.78, 5) is 2.42. The lowest BCUT2D eigenvalue weighted by Crippen LogP contribution is -2.45. The number of likely N-dealkylation sites (tertiary alicyclic amines) is 1. The minimum absolute atomic E-state index is 0.00768. The fraction of sp³-hybridized carbons (Fsp3) is 1.00. The van der Waals surface area contributed by atoms with Gasteiger partial charge in [0.15, 0.2) is 0 Å².